The molecule has 0 aromatic heterocycles. The minimum Gasteiger partial charge on any atom is -0.478 e. The Morgan fingerprint density at radius 1 is 1.33 bits per heavy atom. The number of rotatable bonds is 7. The van der Waals surface area contributed by atoms with E-state index in [1.165, 1.54) is 37.3 Å². The summed E-state index contributed by atoms with van der Waals surface area (Å²) in [5.41, 5.74) is -1.00. The summed E-state index contributed by atoms with van der Waals surface area (Å²) in [6, 6.07) is 5.55. The summed E-state index contributed by atoms with van der Waals surface area (Å²) in [5.74, 6) is -1.10. The highest BCUT2D eigenvalue weighted by Gasteiger charge is 2.23. The van der Waals surface area contributed by atoms with Crippen molar-refractivity contribution in [3.05, 3.63) is 35.9 Å². The van der Waals surface area contributed by atoms with E-state index in [1.807, 2.05) is 0 Å². The quantitative estimate of drug-likeness (QED) is 0.517. The predicted octanol–water partition coefficient (Wildman–Crippen LogP) is -0.194. The first kappa shape index (κ1) is 17.3. The number of aliphatic hydroxyl groups excluding tert-OH is 1. The van der Waals surface area contributed by atoms with Crippen LogP contribution >= 0.6 is 0 Å². The van der Waals surface area contributed by atoms with Crippen molar-refractivity contribution in [3.63, 3.8) is 0 Å². The van der Waals surface area contributed by atoms with Gasteiger partial charge < -0.3 is 15.3 Å². The number of hydrogen-bond donors (Lipinski definition) is 4. The van der Waals surface area contributed by atoms with Gasteiger partial charge in [0, 0.05) is 12.6 Å². The number of carboxylic acid groups (broad SMARTS) is 1. The molecule has 0 saturated carbocycles. The Morgan fingerprint density at radius 3 is 2.38 bits per heavy atom. The van der Waals surface area contributed by atoms with Crippen LogP contribution < -0.4 is 4.72 Å². The molecular weight excluding hydrogens is 298 g/mol. The van der Waals surface area contributed by atoms with E-state index in [-0.39, 0.29) is 11.4 Å². The van der Waals surface area contributed by atoms with E-state index in [1.54, 1.807) is 0 Å². The number of carbonyl (C=O) groups is 1. The summed E-state index contributed by atoms with van der Waals surface area (Å²) in [6.45, 7) is 0.399. The molecular formula is C13H17NO6S. The molecule has 1 rings (SSSR count). The molecule has 1 aromatic carbocycles. The van der Waals surface area contributed by atoms with E-state index >= 15 is 0 Å². The molecule has 0 bridgehead atoms. The van der Waals surface area contributed by atoms with E-state index in [9.17, 15) is 18.3 Å². The minimum atomic E-state index is -3.81. The number of aliphatic hydroxyl groups is 2. The Hall–Kier alpha value is -1.74. The van der Waals surface area contributed by atoms with Gasteiger partial charge in [0.05, 0.1) is 17.1 Å². The predicted molar refractivity (Wildman–Crippen MR) is 76.0 cm³/mol. The lowest BCUT2D eigenvalue weighted by Crippen LogP contribution is -2.43. The lowest BCUT2D eigenvalue weighted by atomic mass is 10.1. The molecule has 0 amide bonds. The van der Waals surface area contributed by atoms with Crippen LogP contribution in [0.4, 0.5) is 0 Å². The van der Waals surface area contributed by atoms with Crippen molar-refractivity contribution in [2.75, 3.05) is 13.2 Å². The zero-order chi connectivity index (χ0) is 16.1. The van der Waals surface area contributed by atoms with Crippen LogP contribution in [0, 0.1) is 0 Å². The Bertz CT molecular complexity index is 619. The van der Waals surface area contributed by atoms with Gasteiger partial charge in [-0.05, 0) is 30.7 Å². The SMILES string of the molecule is CC(O)(CO)CNS(=O)(=O)c1ccc(C=CC(=O)O)cc1. The number of aliphatic carboxylic acids is 1. The highest BCUT2D eigenvalue weighted by atomic mass is 32.2. The van der Waals surface area contributed by atoms with Crippen molar-refractivity contribution >= 4 is 22.1 Å². The van der Waals surface area contributed by atoms with Crippen molar-refractivity contribution in [2.45, 2.75) is 17.4 Å². The van der Waals surface area contributed by atoms with Gasteiger partial charge in [0.2, 0.25) is 10.0 Å². The summed E-state index contributed by atoms with van der Waals surface area (Å²) >= 11 is 0. The van der Waals surface area contributed by atoms with Crippen LogP contribution in [0.5, 0.6) is 0 Å². The monoisotopic (exact) mass is 315 g/mol. The fourth-order valence-corrected chi connectivity index (χ4v) is 2.48. The van der Waals surface area contributed by atoms with Gasteiger partial charge in [-0.2, -0.15) is 0 Å². The molecule has 8 heteroatoms. The maximum Gasteiger partial charge on any atom is 0.328 e. The van der Waals surface area contributed by atoms with Crippen LogP contribution in [0.2, 0.25) is 0 Å². The fourth-order valence-electron chi connectivity index (χ4n) is 1.32. The van der Waals surface area contributed by atoms with Crippen LogP contribution in [-0.4, -0.2) is 48.5 Å². The standard InChI is InChI=1S/C13H17NO6S/c1-13(18,9-15)8-14-21(19,20)11-5-2-10(3-6-11)4-7-12(16)17/h2-7,14-15,18H,8-9H2,1H3,(H,16,17). The van der Waals surface area contributed by atoms with Gasteiger partial charge in [0.25, 0.3) is 0 Å². The van der Waals surface area contributed by atoms with Gasteiger partial charge in [-0.3, -0.25) is 0 Å². The van der Waals surface area contributed by atoms with Crippen molar-refractivity contribution in [2.24, 2.45) is 0 Å². The maximum absolute atomic E-state index is 12.0. The average molecular weight is 315 g/mol. The number of hydrogen-bond acceptors (Lipinski definition) is 5. The van der Waals surface area contributed by atoms with Crippen molar-refractivity contribution in [3.8, 4) is 0 Å². The Labute approximate surface area is 122 Å². The fraction of sp³-hybridized carbons (Fsp3) is 0.308. The van der Waals surface area contributed by atoms with Crippen LogP contribution in [0.3, 0.4) is 0 Å². The molecule has 1 atom stereocenters. The third kappa shape index (κ3) is 5.64. The second-order valence-electron chi connectivity index (χ2n) is 4.72. The average Bonchev–Trinajstić information content (AvgIpc) is 2.44. The van der Waals surface area contributed by atoms with Gasteiger partial charge in [0.15, 0.2) is 0 Å². The maximum atomic E-state index is 12.0. The second kappa shape index (κ2) is 6.81. The van der Waals surface area contributed by atoms with E-state index in [0.717, 1.165) is 6.08 Å². The highest BCUT2D eigenvalue weighted by molar-refractivity contribution is 7.89. The summed E-state index contributed by atoms with van der Waals surface area (Å²) in [4.78, 5) is 10.3. The molecule has 0 radical (unpaired) electrons. The van der Waals surface area contributed by atoms with E-state index in [0.29, 0.717) is 5.56 Å². The third-order valence-corrected chi connectivity index (χ3v) is 4.01. The van der Waals surface area contributed by atoms with Crippen LogP contribution in [0.1, 0.15) is 12.5 Å². The van der Waals surface area contributed by atoms with E-state index in [4.69, 9.17) is 10.2 Å². The summed E-state index contributed by atoms with van der Waals surface area (Å²) in [5, 5.41) is 26.9. The molecule has 116 valence electrons. The first-order valence-electron chi connectivity index (χ1n) is 6.00. The van der Waals surface area contributed by atoms with Gasteiger partial charge in [-0.25, -0.2) is 17.9 Å². The second-order valence-corrected chi connectivity index (χ2v) is 6.49. The Morgan fingerprint density at radius 2 is 1.90 bits per heavy atom. The Balaban J connectivity index is 2.83. The first-order chi connectivity index (χ1) is 9.66. The third-order valence-electron chi connectivity index (χ3n) is 2.59. The summed E-state index contributed by atoms with van der Waals surface area (Å²) in [7, 11) is -3.81. The molecule has 0 aliphatic heterocycles. The largest absolute Gasteiger partial charge is 0.478 e. The van der Waals surface area contributed by atoms with Crippen LogP contribution in [0.25, 0.3) is 6.08 Å². The lowest BCUT2D eigenvalue weighted by Gasteiger charge is -2.20. The summed E-state index contributed by atoms with van der Waals surface area (Å²) < 4.78 is 26.1. The van der Waals surface area contributed by atoms with Crippen LogP contribution in [-0.2, 0) is 14.8 Å². The zero-order valence-electron chi connectivity index (χ0n) is 11.4. The molecule has 7 nitrogen and oxygen atoms in total. The van der Waals surface area contributed by atoms with Crippen molar-refractivity contribution in [1.82, 2.24) is 4.72 Å². The van der Waals surface area contributed by atoms with E-state index in [2.05, 4.69) is 4.72 Å². The molecule has 4 N–H and O–H groups in total. The number of sulfonamides is 1. The topological polar surface area (TPSA) is 124 Å². The zero-order valence-corrected chi connectivity index (χ0v) is 12.2. The van der Waals surface area contributed by atoms with E-state index < -0.39 is 28.2 Å². The molecule has 0 fully saturated rings. The molecule has 21 heavy (non-hydrogen) atoms. The molecule has 1 unspecified atom stereocenters. The number of benzene rings is 1. The normalized spacial score (nSPS) is 15.0. The van der Waals surface area contributed by atoms with Gasteiger partial charge in [-0.1, -0.05) is 12.1 Å². The molecule has 0 spiro atoms. The Kier molecular flexibility index (Phi) is 5.62. The number of carboxylic acids is 1. The van der Waals surface area contributed by atoms with Crippen molar-refractivity contribution in [1.29, 1.82) is 0 Å². The highest BCUT2D eigenvalue weighted by Crippen LogP contribution is 2.12. The van der Waals surface area contributed by atoms with Crippen LogP contribution in [0.15, 0.2) is 35.2 Å². The van der Waals surface area contributed by atoms with Gasteiger partial charge >= 0.3 is 5.97 Å². The molecule has 1 aromatic rings. The van der Waals surface area contributed by atoms with Gasteiger partial charge in [-0.15, -0.1) is 0 Å². The minimum absolute atomic E-state index is 0.0243. The smallest absolute Gasteiger partial charge is 0.328 e. The lowest BCUT2D eigenvalue weighted by molar-refractivity contribution is -0.131. The van der Waals surface area contributed by atoms with Crippen molar-refractivity contribution < 1.29 is 28.5 Å². The molecule has 0 aliphatic rings. The van der Waals surface area contributed by atoms with Gasteiger partial charge in [0.1, 0.15) is 0 Å². The molecule has 0 saturated heterocycles. The number of nitrogens with one attached hydrogen (secondary N) is 1. The first-order valence-corrected chi connectivity index (χ1v) is 7.49. The molecule has 0 aliphatic carbocycles. The molecule has 0 heterocycles. The summed E-state index contributed by atoms with van der Waals surface area (Å²) in [6.07, 6.45) is 2.28.